The molecule has 34 heavy (non-hydrogen) atoms. The van der Waals surface area contributed by atoms with E-state index in [9.17, 15) is 13.0 Å². The first-order valence-electron chi connectivity index (χ1n) is 13.0. The molecule has 0 fully saturated rings. The van der Waals surface area contributed by atoms with Gasteiger partial charge in [0.05, 0.1) is 49.4 Å². The van der Waals surface area contributed by atoms with E-state index in [1.54, 1.807) is 24.6 Å². The lowest BCUT2D eigenvalue weighted by Crippen LogP contribution is -2.12. The first-order valence-corrected chi connectivity index (χ1v) is 16.9. The minimum atomic E-state index is -4.41. The second-order valence-corrected chi connectivity index (χ2v) is 14.6. The number of hydrogen-bond donors (Lipinski definition) is 1. The zero-order valence-corrected chi connectivity index (χ0v) is 23.7. The molecule has 0 amide bonds. The van der Waals surface area contributed by atoms with Crippen LogP contribution in [-0.2, 0) is 14.9 Å². The molecule has 1 aromatic carbocycles. The highest BCUT2D eigenvalue weighted by atomic mass is 32.2. The van der Waals surface area contributed by atoms with Crippen molar-refractivity contribution in [1.82, 2.24) is 0 Å². The highest BCUT2D eigenvalue weighted by Gasteiger charge is 2.34. The summed E-state index contributed by atoms with van der Waals surface area (Å²) in [7, 11) is -4.97. The van der Waals surface area contributed by atoms with Crippen LogP contribution in [0, 0.1) is 0 Å². The zero-order chi connectivity index (χ0) is 25.7. The van der Waals surface area contributed by atoms with Crippen LogP contribution in [0.2, 0.25) is 0 Å². The molecule has 0 aliphatic heterocycles. The average molecular weight is 521 g/mol. The lowest BCUT2D eigenvalue weighted by molar-refractivity contribution is 0.0705. The average Bonchev–Trinajstić information content (AvgIpc) is 2.83. The summed E-state index contributed by atoms with van der Waals surface area (Å²) < 4.78 is 42.1. The lowest BCUT2D eigenvalue weighted by atomic mass is 10.3. The molecule has 0 saturated heterocycles. The number of benzene rings is 1. The monoisotopic (exact) mass is 520 g/mol. The van der Waals surface area contributed by atoms with Gasteiger partial charge in [0.1, 0.15) is 22.5 Å². The maximum atomic E-state index is 10.6. The van der Waals surface area contributed by atoms with Gasteiger partial charge in [-0.3, -0.25) is 0 Å². The number of rotatable bonds is 19. The van der Waals surface area contributed by atoms with Gasteiger partial charge in [-0.1, -0.05) is 53.4 Å². The maximum Gasteiger partial charge on any atom is 0.124 e. The molecule has 1 aromatic rings. The van der Waals surface area contributed by atoms with Crippen molar-refractivity contribution in [3.63, 3.8) is 0 Å². The van der Waals surface area contributed by atoms with E-state index in [0.29, 0.717) is 12.4 Å². The van der Waals surface area contributed by atoms with Crippen molar-refractivity contribution in [2.75, 3.05) is 51.1 Å². The van der Waals surface area contributed by atoms with E-state index in [4.69, 9.17) is 14.6 Å². The van der Waals surface area contributed by atoms with Crippen molar-refractivity contribution in [1.29, 1.82) is 0 Å². The summed E-state index contributed by atoms with van der Waals surface area (Å²) in [6.45, 7) is 10.2. The highest BCUT2D eigenvalue weighted by Crippen LogP contribution is 2.61. The van der Waals surface area contributed by atoms with Crippen molar-refractivity contribution in [3.8, 4) is 5.75 Å². The molecule has 1 N–H and O–H groups in total. The van der Waals surface area contributed by atoms with E-state index >= 15 is 0 Å². The van der Waals surface area contributed by atoms with Gasteiger partial charge in [0.2, 0.25) is 0 Å². The fourth-order valence-corrected chi connectivity index (χ4v) is 9.49. The van der Waals surface area contributed by atoms with Gasteiger partial charge in [-0.2, -0.15) is 0 Å². The molecule has 0 radical (unpaired) electrons. The van der Waals surface area contributed by atoms with Crippen LogP contribution in [0.5, 0.6) is 5.75 Å². The van der Waals surface area contributed by atoms with Crippen LogP contribution in [0.4, 0.5) is 0 Å². The van der Waals surface area contributed by atoms with Gasteiger partial charge in [0.15, 0.2) is 0 Å². The van der Waals surface area contributed by atoms with Gasteiger partial charge < -0.3 is 19.1 Å². The molecule has 200 valence electrons. The van der Waals surface area contributed by atoms with Crippen LogP contribution in [0.1, 0.15) is 79.1 Å². The van der Waals surface area contributed by atoms with Crippen molar-refractivity contribution in [3.05, 3.63) is 24.3 Å². The lowest BCUT2D eigenvalue weighted by Gasteiger charge is -2.28. The van der Waals surface area contributed by atoms with Gasteiger partial charge in [0, 0.05) is 7.26 Å². The first-order chi connectivity index (χ1) is 16.3. The Bertz CT molecular complexity index is 656. The molecule has 0 bridgehead atoms. The van der Waals surface area contributed by atoms with Gasteiger partial charge >= 0.3 is 0 Å². The Morgan fingerprint density at radius 2 is 1.21 bits per heavy atom. The van der Waals surface area contributed by atoms with Crippen LogP contribution in [0.3, 0.4) is 0 Å². The Morgan fingerprint density at radius 3 is 1.56 bits per heavy atom. The predicted octanol–water partition coefficient (Wildman–Crippen LogP) is 6.18. The summed E-state index contributed by atoms with van der Waals surface area (Å²) in [6, 6.07) is 5.17. The van der Waals surface area contributed by atoms with E-state index in [1.807, 2.05) is 0 Å². The topological polar surface area (TPSA) is 95.9 Å². The highest BCUT2D eigenvalue weighted by molar-refractivity contribution is 7.85. The Kier molecular flexibility index (Phi) is 20.0. The van der Waals surface area contributed by atoms with E-state index in [2.05, 4.69) is 27.7 Å². The number of ether oxygens (including phenoxy) is 2. The van der Waals surface area contributed by atoms with Gasteiger partial charge in [-0.15, -0.1) is 0 Å². The summed E-state index contributed by atoms with van der Waals surface area (Å²) in [4.78, 5) is -0.290. The largest absolute Gasteiger partial charge is 0.744 e. The third-order valence-corrected chi connectivity index (χ3v) is 11.7. The standard InChI is InChI=1S/C16H36P.C10H14O6S/c1-5-9-13-17(14-10-6-2,15-11-7-3)16-12-8-4;11-5-6-15-7-8-16-9-1-3-10(4-2-9)17(12,13)14/h5-16H2,1-4H3;1-4,11H,5-8H2,(H,12,13,14)/q+1;/p-1. The van der Waals surface area contributed by atoms with Gasteiger partial charge in [-0.25, -0.2) is 8.42 Å². The number of unbranched alkanes of at least 4 members (excludes halogenated alkanes) is 4. The summed E-state index contributed by atoms with van der Waals surface area (Å²) in [5, 5.41) is 8.44. The minimum absolute atomic E-state index is 0.0456. The molecule has 0 heterocycles. The van der Waals surface area contributed by atoms with E-state index in [-0.39, 0.29) is 24.7 Å². The van der Waals surface area contributed by atoms with Crippen LogP contribution in [-0.4, -0.2) is 69.2 Å². The van der Waals surface area contributed by atoms with Crippen LogP contribution >= 0.6 is 7.26 Å². The summed E-state index contributed by atoms with van der Waals surface area (Å²) >= 11 is 0. The molecule has 0 unspecified atom stereocenters. The van der Waals surface area contributed by atoms with Crippen LogP contribution in [0.25, 0.3) is 0 Å². The summed E-state index contributed by atoms with van der Waals surface area (Å²) in [5.41, 5.74) is 0. The smallest absolute Gasteiger partial charge is 0.124 e. The Hall–Kier alpha value is -0.720. The molecule has 0 atom stereocenters. The van der Waals surface area contributed by atoms with Crippen molar-refractivity contribution in [2.24, 2.45) is 0 Å². The minimum Gasteiger partial charge on any atom is -0.744 e. The van der Waals surface area contributed by atoms with E-state index in [0.717, 1.165) is 0 Å². The molecule has 0 aliphatic carbocycles. The summed E-state index contributed by atoms with van der Waals surface area (Å²) in [5.74, 6) is 0.449. The van der Waals surface area contributed by atoms with E-state index in [1.165, 1.54) is 75.6 Å². The Labute approximate surface area is 209 Å². The fraction of sp³-hybridized carbons (Fsp3) is 0.769. The molecule has 6 nitrogen and oxygen atoms in total. The van der Waals surface area contributed by atoms with Crippen LogP contribution < -0.4 is 4.74 Å². The van der Waals surface area contributed by atoms with Crippen molar-refractivity contribution in [2.45, 2.75) is 84.0 Å². The molecule has 8 heteroatoms. The molecular weight excluding hydrogens is 471 g/mol. The fourth-order valence-electron chi connectivity index (χ4n) is 3.73. The van der Waals surface area contributed by atoms with Gasteiger partial charge in [-0.05, 0) is 49.9 Å². The molecule has 0 saturated carbocycles. The third-order valence-electron chi connectivity index (χ3n) is 5.79. The molecule has 1 rings (SSSR count). The predicted molar refractivity (Wildman–Crippen MR) is 144 cm³/mol. The second-order valence-electron chi connectivity index (χ2n) is 8.76. The normalized spacial score (nSPS) is 11.7. The first kappa shape index (κ1) is 33.3. The second kappa shape index (κ2) is 20.5. The molecule has 0 spiro atoms. The van der Waals surface area contributed by atoms with Crippen molar-refractivity contribution < 1.29 is 27.6 Å². The molecule has 0 aromatic heterocycles. The Balaban J connectivity index is 0.000000641. The van der Waals surface area contributed by atoms with E-state index < -0.39 is 17.4 Å². The van der Waals surface area contributed by atoms with Crippen LogP contribution in [0.15, 0.2) is 29.2 Å². The Morgan fingerprint density at radius 1 is 0.765 bits per heavy atom. The number of hydrogen-bond acceptors (Lipinski definition) is 6. The van der Waals surface area contributed by atoms with Gasteiger partial charge in [0.25, 0.3) is 0 Å². The SMILES string of the molecule is CCCC[P+](CCCC)(CCCC)CCCC.O=S(=O)([O-])c1ccc(OCCOCCO)cc1. The quantitative estimate of drug-likeness (QED) is 0.133. The molecular formula is C26H49O6PS. The van der Waals surface area contributed by atoms with Crippen molar-refractivity contribution >= 4 is 17.4 Å². The maximum absolute atomic E-state index is 10.6. The number of aliphatic hydroxyl groups excluding tert-OH is 1. The summed E-state index contributed by atoms with van der Waals surface area (Å²) in [6.07, 6.45) is 17.9. The third kappa shape index (κ3) is 16.0. The number of aliphatic hydroxyl groups is 1. The molecule has 0 aliphatic rings. The zero-order valence-electron chi connectivity index (χ0n) is 22.0.